The molecule has 5 heteroatoms. The molecule has 0 aromatic heterocycles. The highest BCUT2D eigenvalue weighted by Gasteiger charge is 2.31. The molecule has 0 aliphatic heterocycles. The van der Waals surface area contributed by atoms with Crippen LogP contribution in [-0.4, -0.2) is 19.5 Å². The molecule has 0 aromatic carbocycles. The van der Waals surface area contributed by atoms with Crippen LogP contribution in [0, 0.1) is 0 Å². The van der Waals surface area contributed by atoms with Gasteiger partial charge in [-0.05, 0) is 5.31 Å². The van der Waals surface area contributed by atoms with Crippen LogP contribution < -0.4 is 0 Å². The predicted molar refractivity (Wildman–Crippen MR) is 87.8 cm³/mol. The maximum Gasteiger partial charge on any atom is 0.323 e. The lowest BCUT2D eigenvalue weighted by atomic mass is 9.63. The molecule has 0 rings (SSSR count). The molecule has 0 saturated carbocycles. The third kappa shape index (κ3) is 11.8. The van der Waals surface area contributed by atoms with Gasteiger partial charge in [0.2, 0.25) is 9.97 Å². The summed E-state index contributed by atoms with van der Waals surface area (Å²) >= 11 is 0. The summed E-state index contributed by atoms with van der Waals surface area (Å²) < 4.78 is 31.5. The van der Waals surface area contributed by atoms with E-state index in [9.17, 15) is 8.42 Å². The first-order valence-corrected chi connectivity index (χ1v) is 9.66. The minimum atomic E-state index is -4.00. The summed E-state index contributed by atoms with van der Waals surface area (Å²) in [6, 6.07) is 0. The van der Waals surface area contributed by atoms with Crippen molar-refractivity contribution in [2.75, 3.05) is 0 Å². The van der Waals surface area contributed by atoms with Crippen molar-refractivity contribution in [1.29, 1.82) is 0 Å². The molecule has 1 N–H and O–H groups in total. The van der Waals surface area contributed by atoms with Crippen molar-refractivity contribution in [2.45, 2.75) is 96.7 Å². The Labute approximate surface area is 126 Å². The topological polar surface area (TPSA) is 54.4 Å². The Morgan fingerprint density at radius 3 is 1.65 bits per heavy atom. The van der Waals surface area contributed by atoms with E-state index in [1.165, 1.54) is 38.7 Å². The van der Waals surface area contributed by atoms with Gasteiger partial charge in [0, 0.05) is 0 Å². The minimum Gasteiger partial charge on any atom is -0.295 e. The van der Waals surface area contributed by atoms with E-state index < -0.39 is 9.97 Å². The molecule has 0 aromatic rings. The predicted octanol–water partition coefficient (Wildman–Crippen LogP) is 5.00. The average molecular weight is 303 g/mol. The lowest BCUT2D eigenvalue weighted by Crippen LogP contribution is -2.24. The van der Waals surface area contributed by atoms with Crippen molar-refractivity contribution in [3.8, 4) is 0 Å². The van der Waals surface area contributed by atoms with E-state index in [1.54, 1.807) is 0 Å². The molecule has 0 aliphatic rings. The Bertz CT molecular complexity index is 330. The van der Waals surface area contributed by atoms with Crippen LogP contribution in [0.3, 0.4) is 0 Å². The molecule has 0 spiro atoms. The molecule has 1 atom stereocenters. The van der Waals surface area contributed by atoms with Crippen LogP contribution in [0.5, 0.6) is 0 Å². The lowest BCUT2D eigenvalue weighted by molar-refractivity contribution is 0.446. The highest BCUT2D eigenvalue weighted by Crippen LogP contribution is 2.38. The van der Waals surface area contributed by atoms with Gasteiger partial charge in [0.15, 0.2) is 0 Å². The standard InChI is InChI=1S/C15H32BO3S/c1-4-6-8-10-12-14-15(3,16-20(17,18)19)13-11-9-7-5-2/h4-14H2,1-3H3,(H,17,18,19). The molecule has 0 heterocycles. The average Bonchev–Trinajstić information content (AvgIpc) is 2.32. The van der Waals surface area contributed by atoms with Crippen LogP contribution in [0.1, 0.15) is 91.4 Å². The van der Waals surface area contributed by atoms with Crippen LogP contribution in [0.4, 0.5) is 0 Å². The van der Waals surface area contributed by atoms with Gasteiger partial charge in [-0.1, -0.05) is 91.4 Å². The minimum absolute atomic E-state index is 0.381. The monoisotopic (exact) mass is 303 g/mol. The van der Waals surface area contributed by atoms with E-state index in [-0.39, 0.29) is 5.31 Å². The zero-order valence-corrected chi connectivity index (χ0v) is 14.3. The van der Waals surface area contributed by atoms with E-state index in [0.29, 0.717) is 0 Å². The van der Waals surface area contributed by atoms with Crippen molar-refractivity contribution in [1.82, 2.24) is 0 Å². The van der Waals surface area contributed by atoms with E-state index >= 15 is 0 Å². The SMILES string of the molecule is CCCCCCCC(C)([B]S(=O)(=O)O)CCCCCC. The molecular formula is C15H32BO3S. The second-order valence-electron chi connectivity index (χ2n) is 6.26. The molecule has 0 amide bonds. The summed E-state index contributed by atoms with van der Waals surface area (Å²) in [5.41, 5.74) is 0. The summed E-state index contributed by atoms with van der Waals surface area (Å²) in [6.45, 7) is 7.49. The molecule has 1 unspecified atom stereocenters. The Balaban J connectivity index is 4.23. The third-order valence-electron chi connectivity index (χ3n) is 3.89. The van der Waals surface area contributed by atoms with Gasteiger partial charge in [-0.3, -0.25) is 4.55 Å². The number of hydrogen-bond acceptors (Lipinski definition) is 2. The van der Waals surface area contributed by atoms with Crippen LogP contribution in [0.2, 0.25) is 5.31 Å². The molecular weight excluding hydrogens is 271 g/mol. The fourth-order valence-electron chi connectivity index (χ4n) is 2.69. The molecule has 0 bridgehead atoms. The lowest BCUT2D eigenvalue weighted by Gasteiger charge is -2.27. The second kappa shape index (κ2) is 10.7. The smallest absolute Gasteiger partial charge is 0.295 e. The van der Waals surface area contributed by atoms with Crippen molar-refractivity contribution in [2.24, 2.45) is 0 Å². The summed E-state index contributed by atoms with van der Waals surface area (Å²) in [5.74, 6) is 0. The van der Waals surface area contributed by atoms with Crippen LogP contribution >= 0.6 is 0 Å². The first-order valence-electron chi connectivity index (χ1n) is 8.16. The summed E-state index contributed by atoms with van der Waals surface area (Å²) in [5, 5.41) is -0.381. The van der Waals surface area contributed by atoms with E-state index in [0.717, 1.165) is 38.5 Å². The Hall–Kier alpha value is -0.0251. The fraction of sp³-hybridized carbons (Fsp3) is 1.00. The van der Waals surface area contributed by atoms with Crippen LogP contribution in [0.15, 0.2) is 0 Å². The van der Waals surface area contributed by atoms with Gasteiger partial charge >= 0.3 is 6.56 Å². The first-order chi connectivity index (χ1) is 9.33. The highest BCUT2D eigenvalue weighted by atomic mass is 32.2. The van der Waals surface area contributed by atoms with Gasteiger partial charge in [0.1, 0.15) is 0 Å². The Morgan fingerprint density at radius 1 is 0.850 bits per heavy atom. The van der Waals surface area contributed by atoms with Crippen molar-refractivity contribution < 1.29 is 13.0 Å². The zero-order chi connectivity index (χ0) is 15.5. The van der Waals surface area contributed by atoms with Crippen molar-refractivity contribution in [3.63, 3.8) is 0 Å². The van der Waals surface area contributed by atoms with Crippen molar-refractivity contribution in [3.05, 3.63) is 0 Å². The first kappa shape index (κ1) is 20.0. The van der Waals surface area contributed by atoms with Crippen molar-refractivity contribution >= 4 is 16.5 Å². The molecule has 20 heavy (non-hydrogen) atoms. The fourth-order valence-corrected chi connectivity index (χ4v) is 3.65. The largest absolute Gasteiger partial charge is 0.323 e. The normalized spacial score (nSPS) is 15.0. The van der Waals surface area contributed by atoms with Crippen LogP contribution in [-0.2, 0) is 9.97 Å². The maximum atomic E-state index is 11.2. The maximum absolute atomic E-state index is 11.2. The molecule has 3 nitrogen and oxygen atoms in total. The van der Waals surface area contributed by atoms with Gasteiger partial charge in [-0.25, -0.2) is 8.42 Å². The number of hydrogen-bond donors (Lipinski definition) is 1. The van der Waals surface area contributed by atoms with Gasteiger partial charge < -0.3 is 0 Å². The highest BCUT2D eigenvalue weighted by molar-refractivity contribution is 8.11. The van der Waals surface area contributed by atoms with E-state index in [2.05, 4.69) is 13.8 Å². The Kier molecular flexibility index (Phi) is 10.7. The molecule has 0 aliphatic carbocycles. The summed E-state index contributed by atoms with van der Waals surface area (Å²) in [6.07, 6.45) is 12.1. The molecule has 1 radical (unpaired) electrons. The second-order valence-corrected chi connectivity index (χ2v) is 7.53. The molecule has 0 fully saturated rings. The van der Waals surface area contributed by atoms with Gasteiger partial charge in [0.25, 0.3) is 0 Å². The van der Waals surface area contributed by atoms with Crippen LogP contribution in [0.25, 0.3) is 0 Å². The third-order valence-corrected chi connectivity index (χ3v) is 4.75. The van der Waals surface area contributed by atoms with Gasteiger partial charge in [0.05, 0.1) is 0 Å². The molecule has 0 saturated heterocycles. The number of unbranched alkanes of at least 4 members (excludes halogenated alkanes) is 7. The zero-order valence-electron chi connectivity index (χ0n) is 13.5. The van der Waals surface area contributed by atoms with E-state index in [1.807, 2.05) is 6.92 Å². The number of rotatable bonds is 13. The molecule has 119 valence electrons. The van der Waals surface area contributed by atoms with E-state index in [4.69, 9.17) is 4.55 Å². The Morgan fingerprint density at radius 2 is 1.25 bits per heavy atom. The van der Waals surface area contributed by atoms with Gasteiger partial charge in [-0.2, -0.15) is 0 Å². The summed E-state index contributed by atoms with van der Waals surface area (Å²) in [7, 11) is -4.00. The quantitative estimate of drug-likeness (QED) is 0.296. The van der Waals surface area contributed by atoms with Gasteiger partial charge in [-0.15, -0.1) is 0 Å². The summed E-state index contributed by atoms with van der Waals surface area (Å²) in [4.78, 5) is 0.